The Balaban J connectivity index is 1.49. The molecule has 1 amide bonds. The van der Waals surface area contributed by atoms with Crippen LogP contribution in [-0.2, 0) is 20.9 Å². The summed E-state index contributed by atoms with van der Waals surface area (Å²) in [5.74, 6) is 0.286. The van der Waals surface area contributed by atoms with Crippen LogP contribution in [-0.4, -0.2) is 34.2 Å². The average Bonchev–Trinajstić information content (AvgIpc) is 3.04. The topological polar surface area (TPSA) is 108 Å². The Morgan fingerprint density at radius 3 is 2.43 bits per heavy atom. The zero-order chi connectivity index (χ0) is 21.3. The highest BCUT2D eigenvalue weighted by Crippen LogP contribution is 2.47. The summed E-state index contributed by atoms with van der Waals surface area (Å²) >= 11 is 1.29. The number of hydrogen-bond acceptors (Lipinski definition) is 8. The number of hydrogen-bond donors (Lipinski definition) is 0. The molecule has 10 heteroatoms. The molecule has 1 unspecified atom stereocenters. The van der Waals surface area contributed by atoms with Crippen molar-refractivity contribution in [3.8, 4) is 11.5 Å². The normalized spacial score (nSPS) is 17.3. The van der Waals surface area contributed by atoms with E-state index in [-0.39, 0.29) is 29.3 Å². The first-order valence-corrected chi connectivity index (χ1v) is 9.79. The van der Waals surface area contributed by atoms with Gasteiger partial charge in [-0.05, 0) is 42.0 Å². The van der Waals surface area contributed by atoms with Gasteiger partial charge in [0.05, 0.1) is 23.8 Å². The van der Waals surface area contributed by atoms with E-state index in [4.69, 9.17) is 14.2 Å². The van der Waals surface area contributed by atoms with Gasteiger partial charge >= 0.3 is 5.97 Å². The fourth-order valence-electron chi connectivity index (χ4n) is 2.96. The molecule has 2 aromatic carbocycles. The molecule has 1 saturated heterocycles. The maximum Gasteiger partial charge on any atom is 0.359 e. The summed E-state index contributed by atoms with van der Waals surface area (Å²) in [6, 6.07) is 12.5. The predicted octanol–water partition coefficient (Wildman–Crippen LogP) is 3.20. The SMILES string of the molecule is COc1ccc(OC2=C(C(=O)OCc3ccc([N+](=O)[O-])cc3)N3C(=O)CC3S2)cc1. The predicted molar refractivity (Wildman–Crippen MR) is 106 cm³/mol. The van der Waals surface area contributed by atoms with E-state index in [1.165, 1.54) is 40.9 Å². The van der Waals surface area contributed by atoms with Crippen molar-refractivity contribution in [2.45, 2.75) is 18.4 Å². The van der Waals surface area contributed by atoms with Crippen LogP contribution in [0.1, 0.15) is 12.0 Å². The minimum absolute atomic E-state index is 0.0517. The summed E-state index contributed by atoms with van der Waals surface area (Å²) in [6.45, 7) is -0.0898. The Hall–Kier alpha value is -3.53. The Kier molecular flexibility index (Phi) is 5.32. The van der Waals surface area contributed by atoms with E-state index < -0.39 is 10.9 Å². The minimum atomic E-state index is -0.695. The Bertz CT molecular complexity index is 1030. The number of benzene rings is 2. The second-order valence-corrected chi connectivity index (χ2v) is 7.60. The summed E-state index contributed by atoms with van der Waals surface area (Å²) < 4.78 is 16.3. The lowest BCUT2D eigenvalue weighted by Crippen LogP contribution is -2.48. The molecule has 0 aromatic heterocycles. The van der Waals surface area contributed by atoms with Gasteiger partial charge < -0.3 is 14.2 Å². The van der Waals surface area contributed by atoms with E-state index in [1.54, 1.807) is 31.4 Å². The van der Waals surface area contributed by atoms with Gasteiger partial charge in [-0.2, -0.15) is 0 Å². The standard InChI is InChI=1S/C20H16N2O7S/c1-27-14-6-8-15(9-7-14)29-20-18(21-16(23)10-17(21)30-20)19(24)28-11-12-2-4-13(5-3-12)22(25)26/h2-9,17H,10-11H2,1H3. The first kappa shape index (κ1) is 19.8. The third-order valence-electron chi connectivity index (χ3n) is 4.56. The molecule has 0 radical (unpaired) electrons. The number of rotatable bonds is 7. The third kappa shape index (κ3) is 3.81. The van der Waals surface area contributed by atoms with Gasteiger partial charge in [0.25, 0.3) is 5.69 Å². The van der Waals surface area contributed by atoms with Crippen LogP contribution >= 0.6 is 11.8 Å². The number of esters is 1. The van der Waals surface area contributed by atoms with E-state index in [0.29, 0.717) is 28.6 Å². The summed E-state index contributed by atoms with van der Waals surface area (Å²) in [6.07, 6.45) is 0.319. The van der Waals surface area contributed by atoms with Crippen molar-refractivity contribution in [1.82, 2.24) is 4.90 Å². The average molecular weight is 428 g/mol. The van der Waals surface area contributed by atoms with Crippen molar-refractivity contribution >= 4 is 29.3 Å². The van der Waals surface area contributed by atoms with Crippen molar-refractivity contribution in [3.05, 3.63) is 75.0 Å². The van der Waals surface area contributed by atoms with Crippen LogP contribution in [0.4, 0.5) is 5.69 Å². The number of β-lactam (4-membered cyclic amide) rings is 1. The van der Waals surface area contributed by atoms with Gasteiger partial charge in [-0.15, -0.1) is 0 Å². The van der Waals surface area contributed by atoms with Crippen molar-refractivity contribution in [1.29, 1.82) is 0 Å². The maximum atomic E-state index is 12.7. The number of non-ortho nitro benzene ring substituents is 1. The highest BCUT2D eigenvalue weighted by atomic mass is 32.2. The van der Waals surface area contributed by atoms with Crippen LogP contribution < -0.4 is 9.47 Å². The van der Waals surface area contributed by atoms with Gasteiger partial charge in [-0.1, -0.05) is 11.8 Å². The van der Waals surface area contributed by atoms with Gasteiger partial charge in [-0.3, -0.25) is 19.8 Å². The molecule has 0 N–H and O–H groups in total. The lowest BCUT2D eigenvalue weighted by molar-refractivity contribution is -0.384. The molecular weight excluding hydrogens is 412 g/mol. The summed E-state index contributed by atoms with van der Waals surface area (Å²) in [7, 11) is 1.56. The number of fused-ring (bicyclic) bond motifs is 1. The van der Waals surface area contributed by atoms with Crippen LogP contribution in [0.2, 0.25) is 0 Å². The van der Waals surface area contributed by atoms with E-state index in [0.717, 1.165) is 0 Å². The van der Waals surface area contributed by atoms with Gasteiger partial charge in [-0.25, -0.2) is 4.79 Å². The van der Waals surface area contributed by atoms with Crippen molar-refractivity contribution in [2.75, 3.05) is 7.11 Å². The molecule has 0 aliphatic carbocycles. The molecule has 2 aliphatic rings. The summed E-state index contributed by atoms with van der Waals surface area (Å²) in [5, 5.41) is 10.8. The monoisotopic (exact) mass is 428 g/mol. The Labute approximate surface area is 175 Å². The van der Waals surface area contributed by atoms with Gasteiger partial charge in [0.15, 0.2) is 10.8 Å². The van der Waals surface area contributed by atoms with Crippen molar-refractivity contribution < 1.29 is 28.7 Å². The molecule has 0 bridgehead atoms. The first-order chi connectivity index (χ1) is 14.5. The maximum absolute atomic E-state index is 12.7. The molecule has 1 atom stereocenters. The van der Waals surface area contributed by atoms with E-state index >= 15 is 0 Å². The molecule has 1 fully saturated rings. The van der Waals surface area contributed by atoms with Gasteiger partial charge in [0.1, 0.15) is 18.1 Å². The number of methoxy groups -OCH3 is 1. The lowest BCUT2D eigenvalue weighted by atomic mass is 10.2. The molecule has 2 aliphatic heterocycles. The number of thioether (sulfide) groups is 1. The number of carbonyl (C=O) groups excluding carboxylic acids is 2. The summed E-state index contributed by atoms with van der Waals surface area (Å²) in [4.78, 5) is 36.4. The third-order valence-corrected chi connectivity index (χ3v) is 5.70. The van der Waals surface area contributed by atoms with Crippen LogP contribution in [0.25, 0.3) is 0 Å². The lowest BCUT2D eigenvalue weighted by Gasteiger charge is -2.33. The van der Waals surface area contributed by atoms with Crippen LogP contribution in [0.5, 0.6) is 11.5 Å². The minimum Gasteiger partial charge on any atom is -0.497 e. The van der Waals surface area contributed by atoms with E-state index in [1.807, 2.05) is 0 Å². The molecule has 2 heterocycles. The van der Waals surface area contributed by atoms with E-state index in [9.17, 15) is 19.7 Å². The summed E-state index contributed by atoms with van der Waals surface area (Å²) in [5.41, 5.74) is 0.604. The zero-order valence-electron chi connectivity index (χ0n) is 15.8. The smallest absolute Gasteiger partial charge is 0.359 e. The second-order valence-electron chi connectivity index (χ2n) is 6.45. The second kappa shape index (κ2) is 8.07. The molecule has 4 rings (SSSR count). The molecule has 30 heavy (non-hydrogen) atoms. The molecule has 0 saturated carbocycles. The van der Waals surface area contributed by atoms with Crippen LogP contribution in [0.3, 0.4) is 0 Å². The van der Waals surface area contributed by atoms with Crippen LogP contribution in [0.15, 0.2) is 59.3 Å². The Morgan fingerprint density at radius 2 is 1.83 bits per heavy atom. The molecule has 154 valence electrons. The zero-order valence-corrected chi connectivity index (χ0v) is 16.6. The number of carbonyl (C=O) groups is 2. The van der Waals surface area contributed by atoms with E-state index in [2.05, 4.69) is 0 Å². The largest absolute Gasteiger partial charge is 0.497 e. The molecular formula is C20H16N2O7S. The number of nitro benzene ring substituents is 1. The first-order valence-electron chi connectivity index (χ1n) is 8.91. The fourth-order valence-corrected chi connectivity index (χ4v) is 4.20. The molecule has 2 aromatic rings. The van der Waals surface area contributed by atoms with Crippen molar-refractivity contribution in [3.63, 3.8) is 0 Å². The Morgan fingerprint density at radius 1 is 1.17 bits per heavy atom. The highest BCUT2D eigenvalue weighted by Gasteiger charge is 2.50. The number of nitro groups is 1. The quantitative estimate of drug-likeness (QED) is 0.286. The molecule has 9 nitrogen and oxygen atoms in total. The van der Waals surface area contributed by atoms with Gasteiger partial charge in [0, 0.05) is 12.1 Å². The van der Waals surface area contributed by atoms with Crippen molar-refractivity contribution in [2.24, 2.45) is 0 Å². The van der Waals surface area contributed by atoms with Gasteiger partial charge in [0.2, 0.25) is 5.91 Å². The fraction of sp³-hybridized carbons (Fsp3) is 0.200. The number of amides is 1. The highest BCUT2D eigenvalue weighted by molar-refractivity contribution is 8.03. The van der Waals surface area contributed by atoms with Crippen LogP contribution in [0, 0.1) is 10.1 Å². The number of nitrogens with zero attached hydrogens (tertiary/aromatic N) is 2. The molecule has 0 spiro atoms. The number of ether oxygens (including phenoxy) is 3.